The van der Waals surface area contributed by atoms with Crippen molar-refractivity contribution in [1.29, 1.82) is 0 Å². The number of hydrogen-bond acceptors (Lipinski definition) is 4. The first-order chi connectivity index (χ1) is 9.36. The van der Waals surface area contributed by atoms with Gasteiger partial charge in [0.25, 0.3) is 0 Å². The van der Waals surface area contributed by atoms with E-state index in [9.17, 15) is 9.59 Å². The van der Waals surface area contributed by atoms with Crippen molar-refractivity contribution in [1.82, 2.24) is 15.1 Å². The second kappa shape index (κ2) is 7.07. The summed E-state index contributed by atoms with van der Waals surface area (Å²) in [5, 5.41) is 6.94. The van der Waals surface area contributed by atoms with Crippen molar-refractivity contribution in [2.75, 3.05) is 13.2 Å². The summed E-state index contributed by atoms with van der Waals surface area (Å²) in [4.78, 5) is 25.5. The summed E-state index contributed by atoms with van der Waals surface area (Å²) in [6.07, 6.45) is 0.242. The Hall–Kier alpha value is -1.85. The van der Waals surface area contributed by atoms with Gasteiger partial charge in [0, 0.05) is 17.3 Å². The van der Waals surface area contributed by atoms with E-state index < -0.39 is 0 Å². The zero-order chi connectivity index (χ0) is 15.3. The van der Waals surface area contributed by atoms with Crippen molar-refractivity contribution in [3.63, 3.8) is 0 Å². The van der Waals surface area contributed by atoms with Gasteiger partial charge in [-0.3, -0.25) is 14.7 Å². The van der Waals surface area contributed by atoms with Crippen molar-refractivity contribution < 1.29 is 14.3 Å². The predicted molar refractivity (Wildman–Crippen MR) is 75.2 cm³/mol. The van der Waals surface area contributed by atoms with Gasteiger partial charge >= 0.3 is 5.97 Å². The molecule has 0 bridgehead atoms. The molecular weight excluding hydrogens is 258 g/mol. The number of amides is 1. The van der Waals surface area contributed by atoms with E-state index >= 15 is 0 Å². The Labute approximate surface area is 119 Å². The lowest BCUT2D eigenvalue weighted by atomic mass is 10.1. The third-order valence-electron chi connectivity index (χ3n) is 3.16. The minimum Gasteiger partial charge on any atom is -0.465 e. The first-order valence-electron chi connectivity index (χ1n) is 6.82. The first-order valence-corrected chi connectivity index (χ1v) is 6.82. The van der Waals surface area contributed by atoms with Crippen molar-refractivity contribution in [3.05, 3.63) is 17.0 Å². The average Bonchev–Trinajstić information content (AvgIpc) is 2.67. The third kappa shape index (κ3) is 4.08. The van der Waals surface area contributed by atoms with Crippen LogP contribution in [-0.2, 0) is 20.7 Å². The number of carbonyl (C=O) groups is 2. The van der Waals surface area contributed by atoms with E-state index in [1.807, 2.05) is 27.7 Å². The fraction of sp³-hybridized carbons (Fsp3) is 0.643. The van der Waals surface area contributed by atoms with Crippen molar-refractivity contribution in [2.24, 2.45) is 0 Å². The number of aromatic amines is 1. The fourth-order valence-corrected chi connectivity index (χ4v) is 1.99. The summed E-state index contributed by atoms with van der Waals surface area (Å²) in [5.41, 5.74) is 2.59. The zero-order valence-corrected chi connectivity index (χ0v) is 12.8. The van der Waals surface area contributed by atoms with Crippen LogP contribution in [0.1, 0.15) is 37.7 Å². The molecule has 0 aliphatic heterocycles. The Morgan fingerprint density at radius 3 is 2.45 bits per heavy atom. The van der Waals surface area contributed by atoms with Crippen LogP contribution in [0.4, 0.5) is 0 Å². The molecule has 1 heterocycles. The molecule has 1 N–H and O–H groups in total. The Morgan fingerprint density at radius 1 is 1.35 bits per heavy atom. The number of aromatic nitrogens is 2. The summed E-state index contributed by atoms with van der Waals surface area (Å²) >= 11 is 0. The van der Waals surface area contributed by atoms with Crippen LogP contribution >= 0.6 is 0 Å². The summed E-state index contributed by atoms with van der Waals surface area (Å²) in [6.45, 7) is 9.56. The molecule has 0 aliphatic carbocycles. The van der Waals surface area contributed by atoms with E-state index in [2.05, 4.69) is 10.2 Å². The molecule has 0 radical (unpaired) electrons. The van der Waals surface area contributed by atoms with Crippen LogP contribution in [0, 0.1) is 13.8 Å². The molecule has 0 saturated heterocycles. The molecule has 0 saturated carbocycles. The van der Waals surface area contributed by atoms with E-state index in [0.717, 1.165) is 17.0 Å². The topological polar surface area (TPSA) is 75.3 Å². The molecular formula is C14H23N3O3. The van der Waals surface area contributed by atoms with Gasteiger partial charge in [-0.15, -0.1) is 0 Å². The number of H-pyrrole nitrogens is 1. The van der Waals surface area contributed by atoms with Crippen LogP contribution < -0.4 is 0 Å². The van der Waals surface area contributed by atoms with Crippen LogP contribution in [0.2, 0.25) is 0 Å². The molecule has 1 amide bonds. The third-order valence-corrected chi connectivity index (χ3v) is 3.16. The van der Waals surface area contributed by atoms with Crippen LogP contribution in [0.5, 0.6) is 0 Å². The van der Waals surface area contributed by atoms with Gasteiger partial charge in [0.2, 0.25) is 5.91 Å². The molecule has 0 unspecified atom stereocenters. The van der Waals surface area contributed by atoms with Gasteiger partial charge in [-0.2, -0.15) is 5.10 Å². The van der Waals surface area contributed by atoms with E-state index in [-0.39, 0.29) is 30.9 Å². The van der Waals surface area contributed by atoms with E-state index in [1.54, 1.807) is 6.92 Å². The molecule has 0 aromatic carbocycles. The maximum absolute atomic E-state index is 12.4. The Bertz CT molecular complexity index is 461. The maximum atomic E-state index is 12.4. The van der Waals surface area contributed by atoms with Crippen LogP contribution in [-0.4, -0.2) is 46.2 Å². The standard InChI is InChI=1S/C14H23N3O3/c1-6-20-14(19)8-17(9(2)3)13(18)7-12-10(4)15-16-11(12)5/h9H,6-8H2,1-5H3,(H,15,16). The fourth-order valence-electron chi connectivity index (χ4n) is 1.99. The number of nitrogens with zero attached hydrogens (tertiary/aromatic N) is 2. The predicted octanol–water partition coefficient (Wildman–Crippen LogP) is 1.37. The number of ether oxygens (including phenoxy) is 1. The molecule has 0 fully saturated rings. The zero-order valence-electron chi connectivity index (χ0n) is 12.8. The maximum Gasteiger partial charge on any atom is 0.325 e. The summed E-state index contributed by atoms with van der Waals surface area (Å²) in [5.74, 6) is -0.476. The molecule has 20 heavy (non-hydrogen) atoms. The highest BCUT2D eigenvalue weighted by molar-refractivity contribution is 5.84. The normalized spacial score (nSPS) is 10.7. The molecule has 1 rings (SSSR count). The molecule has 6 heteroatoms. The lowest BCUT2D eigenvalue weighted by Crippen LogP contribution is -2.42. The smallest absolute Gasteiger partial charge is 0.325 e. The Kier molecular flexibility index (Phi) is 5.73. The second-order valence-electron chi connectivity index (χ2n) is 5.01. The number of rotatable bonds is 6. The second-order valence-corrected chi connectivity index (χ2v) is 5.01. The van der Waals surface area contributed by atoms with Gasteiger partial charge in [-0.1, -0.05) is 0 Å². The van der Waals surface area contributed by atoms with E-state index in [0.29, 0.717) is 6.61 Å². The van der Waals surface area contributed by atoms with Gasteiger partial charge in [-0.05, 0) is 34.6 Å². The minimum absolute atomic E-state index is 0.0136. The number of hydrogen-bond donors (Lipinski definition) is 1. The van der Waals surface area contributed by atoms with Crippen LogP contribution in [0.15, 0.2) is 0 Å². The largest absolute Gasteiger partial charge is 0.465 e. The number of carbonyl (C=O) groups excluding carboxylic acids is 2. The summed E-state index contributed by atoms with van der Waals surface area (Å²) in [6, 6.07) is -0.0561. The first kappa shape index (κ1) is 16.2. The average molecular weight is 281 g/mol. The van der Waals surface area contributed by atoms with Gasteiger partial charge < -0.3 is 9.64 Å². The quantitative estimate of drug-likeness (QED) is 0.799. The lowest BCUT2D eigenvalue weighted by Gasteiger charge is -2.25. The van der Waals surface area contributed by atoms with Crippen molar-refractivity contribution in [2.45, 2.75) is 47.1 Å². The van der Waals surface area contributed by atoms with Crippen LogP contribution in [0.3, 0.4) is 0 Å². The highest BCUT2D eigenvalue weighted by Crippen LogP contribution is 2.12. The van der Waals surface area contributed by atoms with E-state index in [1.165, 1.54) is 4.90 Å². The Morgan fingerprint density at radius 2 is 2.00 bits per heavy atom. The monoisotopic (exact) mass is 281 g/mol. The molecule has 0 spiro atoms. The van der Waals surface area contributed by atoms with Crippen molar-refractivity contribution in [3.8, 4) is 0 Å². The molecule has 0 atom stereocenters. The summed E-state index contributed by atoms with van der Waals surface area (Å²) < 4.78 is 4.90. The van der Waals surface area contributed by atoms with Gasteiger partial charge in [0.1, 0.15) is 6.54 Å². The van der Waals surface area contributed by atoms with Crippen LogP contribution in [0.25, 0.3) is 0 Å². The van der Waals surface area contributed by atoms with Gasteiger partial charge in [0.15, 0.2) is 0 Å². The number of aryl methyl sites for hydroxylation is 2. The number of esters is 1. The van der Waals surface area contributed by atoms with Gasteiger partial charge in [-0.25, -0.2) is 0 Å². The number of nitrogens with one attached hydrogen (secondary N) is 1. The van der Waals surface area contributed by atoms with Crippen molar-refractivity contribution >= 4 is 11.9 Å². The lowest BCUT2D eigenvalue weighted by molar-refractivity contribution is -0.149. The molecule has 6 nitrogen and oxygen atoms in total. The van der Waals surface area contributed by atoms with E-state index in [4.69, 9.17) is 4.74 Å². The Balaban J connectivity index is 2.77. The highest BCUT2D eigenvalue weighted by Gasteiger charge is 2.22. The highest BCUT2D eigenvalue weighted by atomic mass is 16.5. The minimum atomic E-state index is -0.379. The molecule has 1 aromatic heterocycles. The molecule has 1 aromatic rings. The summed E-state index contributed by atoms with van der Waals surface area (Å²) in [7, 11) is 0. The molecule has 112 valence electrons. The van der Waals surface area contributed by atoms with Gasteiger partial charge in [0.05, 0.1) is 18.7 Å². The molecule has 0 aliphatic rings. The SMILES string of the molecule is CCOC(=O)CN(C(=O)Cc1c(C)n[nH]c1C)C(C)C.